The van der Waals surface area contributed by atoms with E-state index in [1.54, 1.807) is 12.4 Å². The average molecular weight is 370 g/mol. The maximum Gasteiger partial charge on any atom is 0.162 e. The molecule has 4 aromatic rings. The molecule has 6 nitrogen and oxygen atoms in total. The third-order valence-electron chi connectivity index (χ3n) is 5.34. The number of pyridine rings is 1. The first-order valence-corrected chi connectivity index (χ1v) is 9.82. The second-order valence-corrected chi connectivity index (χ2v) is 7.23. The molecular formula is C22H22N6. The predicted octanol–water partition coefficient (Wildman–Crippen LogP) is 4.62. The summed E-state index contributed by atoms with van der Waals surface area (Å²) in [7, 11) is 0. The van der Waals surface area contributed by atoms with Crippen LogP contribution in [-0.2, 0) is 6.54 Å². The first-order valence-electron chi connectivity index (χ1n) is 9.82. The second kappa shape index (κ2) is 7.38. The maximum atomic E-state index is 4.79. The van der Waals surface area contributed by atoms with Crippen LogP contribution in [0.5, 0.6) is 0 Å². The number of fused-ring (bicyclic) bond motifs is 1. The Kier molecular flexibility index (Phi) is 4.45. The van der Waals surface area contributed by atoms with E-state index in [2.05, 4.69) is 27.2 Å². The summed E-state index contributed by atoms with van der Waals surface area (Å²) in [5, 5.41) is 9.26. The zero-order valence-electron chi connectivity index (χ0n) is 15.6. The van der Waals surface area contributed by atoms with Crippen molar-refractivity contribution >= 4 is 16.7 Å². The van der Waals surface area contributed by atoms with Crippen molar-refractivity contribution in [3.05, 3.63) is 66.7 Å². The summed E-state index contributed by atoms with van der Waals surface area (Å²) >= 11 is 0. The van der Waals surface area contributed by atoms with Crippen LogP contribution in [0.1, 0.15) is 37.4 Å². The Morgan fingerprint density at radius 2 is 1.79 bits per heavy atom. The van der Waals surface area contributed by atoms with Crippen LogP contribution < -0.4 is 5.32 Å². The molecule has 0 bridgehead atoms. The number of hydrogen-bond acceptors (Lipinski definition) is 5. The van der Waals surface area contributed by atoms with E-state index in [1.165, 1.54) is 25.7 Å². The highest BCUT2D eigenvalue weighted by molar-refractivity contribution is 5.90. The number of para-hydroxylation sites is 1. The summed E-state index contributed by atoms with van der Waals surface area (Å²) in [5.74, 6) is 1.52. The molecule has 1 aliphatic rings. The highest BCUT2D eigenvalue weighted by Gasteiger charge is 2.17. The standard InChI is InChI=1S/C22H22N6/c1-2-6-18(5-1)28-14-11-17(27-28)15-24-22-19-7-3-4-8-20(19)25-21(26-22)16-9-12-23-13-10-16/h3-4,7-14,18H,1-2,5-6,15H2,(H,24,25,26). The molecule has 1 aromatic carbocycles. The molecule has 28 heavy (non-hydrogen) atoms. The van der Waals surface area contributed by atoms with Gasteiger partial charge in [0.25, 0.3) is 0 Å². The summed E-state index contributed by atoms with van der Waals surface area (Å²) in [6.45, 7) is 0.635. The minimum atomic E-state index is 0.562. The van der Waals surface area contributed by atoms with Crippen LogP contribution in [0.2, 0.25) is 0 Å². The Morgan fingerprint density at radius 3 is 2.64 bits per heavy atom. The van der Waals surface area contributed by atoms with Crippen LogP contribution in [0.15, 0.2) is 61.1 Å². The molecule has 0 aliphatic heterocycles. The molecule has 6 heteroatoms. The number of aromatic nitrogens is 5. The van der Waals surface area contributed by atoms with Crippen molar-refractivity contribution in [3.8, 4) is 11.4 Å². The molecule has 0 saturated heterocycles. The Hall–Kier alpha value is -3.28. The van der Waals surface area contributed by atoms with Crippen LogP contribution in [-0.4, -0.2) is 24.7 Å². The number of rotatable bonds is 5. The lowest BCUT2D eigenvalue weighted by Crippen LogP contribution is -2.08. The third-order valence-corrected chi connectivity index (χ3v) is 5.34. The van der Waals surface area contributed by atoms with Gasteiger partial charge in [0.15, 0.2) is 5.82 Å². The van der Waals surface area contributed by atoms with E-state index in [0.29, 0.717) is 18.4 Å². The van der Waals surface area contributed by atoms with Crippen LogP contribution in [0.4, 0.5) is 5.82 Å². The average Bonchev–Trinajstić information content (AvgIpc) is 3.44. The van der Waals surface area contributed by atoms with Crippen molar-refractivity contribution in [2.24, 2.45) is 0 Å². The molecule has 1 saturated carbocycles. The molecule has 0 atom stereocenters. The van der Waals surface area contributed by atoms with Gasteiger partial charge >= 0.3 is 0 Å². The van der Waals surface area contributed by atoms with Crippen molar-refractivity contribution in [2.45, 2.75) is 38.3 Å². The molecule has 3 heterocycles. The zero-order chi connectivity index (χ0) is 18.8. The quantitative estimate of drug-likeness (QED) is 0.555. The minimum absolute atomic E-state index is 0.562. The van der Waals surface area contributed by atoms with Crippen LogP contribution in [0.25, 0.3) is 22.3 Å². The molecule has 1 aliphatic carbocycles. The van der Waals surface area contributed by atoms with Crippen molar-refractivity contribution in [1.29, 1.82) is 0 Å². The van der Waals surface area contributed by atoms with Gasteiger partial charge in [0, 0.05) is 29.5 Å². The van der Waals surface area contributed by atoms with E-state index >= 15 is 0 Å². The molecule has 0 amide bonds. The summed E-state index contributed by atoms with van der Waals surface area (Å²) in [4.78, 5) is 13.6. The van der Waals surface area contributed by atoms with Gasteiger partial charge < -0.3 is 5.32 Å². The zero-order valence-corrected chi connectivity index (χ0v) is 15.6. The van der Waals surface area contributed by atoms with Crippen LogP contribution >= 0.6 is 0 Å². The molecule has 140 valence electrons. The number of benzene rings is 1. The molecule has 5 rings (SSSR count). The third kappa shape index (κ3) is 3.33. The van der Waals surface area contributed by atoms with Crippen molar-refractivity contribution in [1.82, 2.24) is 24.7 Å². The van der Waals surface area contributed by atoms with Gasteiger partial charge in [-0.15, -0.1) is 0 Å². The van der Waals surface area contributed by atoms with Gasteiger partial charge in [0.2, 0.25) is 0 Å². The second-order valence-electron chi connectivity index (χ2n) is 7.23. The normalized spacial score (nSPS) is 14.6. The summed E-state index contributed by atoms with van der Waals surface area (Å²) in [6.07, 6.45) is 10.7. The van der Waals surface area contributed by atoms with Crippen molar-refractivity contribution < 1.29 is 0 Å². The topological polar surface area (TPSA) is 68.5 Å². The molecule has 3 aromatic heterocycles. The largest absolute Gasteiger partial charge is 0.364 e. The molecule has 0 unspecified atom stereocenters. The molecule has 1 fully saturated rings. The van der Waals surface area contributed by atoms with E-state index in [-0.39, 0.29) is 0 Å². The van der Waals surface area contributed by atoms with Gasteiger partial charge in [-0.25, -0.2) is 9.97 Å². The van der Waals surface area contributed by atoms with Crippen LogP contribution in [0.3, 0.4) is 0 Å². The van der Waals surface area contributed by atoms with E-state index < -0.39 is 0 Å². The molecule has 1 N–H and O–H groups in total. The number of nitrogens with one attached hydrogen (secondary N) is 1. The van der Waals surface area contributed by atoms with E-state index in [4.69, 9.17) is 15.1 Å². The number of nitrogens with zero attached hydrogens (tertiary/aromatic N) is 5. The number of anilines is 1. The lowest BCUT2D eigenvalue weighted by Gasteiger charge is -2.11. The van der Waals surface area contributed by atoms with Gasteiger partial charge in [0.05, 0.1) is 23.8 Å². The lowest BCUT2D eigenvalue weighted by atomic mass is 10.2. The highest BCUT2D eigenvalue weighted by Crippen LogP contribution is 2.29. The fraction of sp³-hybridized carbons (Fsp3) is 0.273. The van der Waals surface area contributed by atoms with Crippen LogP contribution in [0, 0.1) is 0 Å². The minimum Gasteiger partial charge on any atom is -0.364 e. The lowest BCUT2D eigenvalue weighted by molar-refractivity contribution is 0.463. The number of hydrogen-bond donors (Lipinski definition) is 1. The smallest absolute Gasteiger partial charge is 0.162 e. The summed E-state index contributed by atoms with van der Waals surface area (Å²) < 4.78 is 2.13. The predicted molar refractivity (Wildman–Crippen MR) is 110 cm³/mol. The molecule has 0 spiro atoms. The first kappa shape index (κ1) is 16.9. The van der Waals surface area contributed by atoms with E-state index in [9.17, 15) is 0 Å². The van der Waals surface area contributed by atoms with Gasteiger partial charge in [-0.1, -0.05) is 25.0 Å². The summed E-state index contributed by atoms with van der Waals surface area (Å²) in [6, 6.07) is 14.6. The van der Waals surface area contributed by atoms with Crippen molar-refractivity contribution in [3.63, 3.8) is 0 Å². The Balaban J connectivity index is 1.43. The Bertz CT molecular complexity index is 1080. The van der Waals surface area contributed by atoms with Gasteiger partial charge in [-0.2, -0.15) is 5.10 Å². The maximum absolute atomic E-state index is 4.79. The summed E-state index contributed by atoms with van der Waals surface area (Å²) in [5.41, 5.74) is 2.90. The first-order chi connectivity index (χ1) is 13.9. The van der Waals surface area contributed by atoms with E-state index in [0.717, 1.165) is 28.0 Å². The van der Waals surface area contributed by atoms with Gasteiger partial charge in [-0.05, 0) is 43.2 Å². The Labute approximate surface area is 163 Å². The van der Waals surface area contributed by atoms with E-state index in [1.807, 2.05) is 36.4 Å². The van der Waals surface area contributed by atoms with Gasteiger partial charge in [0.1, 0.15) is 5.82 Å². The fourth-order valence-electron chi connectivity index (χ4n) is 3.86. The monoisotopic (exact) mass is 370 g/mol. The molecular weight excluding hydrogens is 348 g/mol. The van der Waals surface area contributed by atoms with Gasteiger partial charge in [-0.3, -0.25) is 9.67 Å². The Morgan fingerprint density at radius 1 is 0.964 bits per heavy atom. The molecule has 0 radical (unpaired) electrons. The highest BCUT2D eigenvalue weighted by atomic mass is 15.3. The van der Waals surface area contributed by atoms with Crippen molar-refractivity contribution in [2.75, 3.05) is 5.32 Å². The fourth-order valence-corrected chi connectivity index (χ4v) is 3.86. The SMILES string of the molecule is c1ccc2c(NCc3ccn(C4CCCC4)n3)nc(-c3ccncc3)nc2c1.